The van der Waals surface area contributed by atoms with Crippen molar-refractivity contribution in [1.82, 2.24) is 15.1 Å². The second-order valence-electron chi connectivity index (χ2n) is 6.71. The van der Waals surface area contributed by atoms with Crippen LogP contribution in [0.3, 0.4) is 0 Å². The van der Waals surface area contributed by atoms with Gasteiger partial charge < -0.3 is 15.1 Å². The Morgan fingerprint density at radius 1 is 1.12 bits per heavy atom. The summed E-state index contributed by atoms with van der Waals surface area (Å²) in [6, 6.07) is 0. The normalized spacial score (nSPS) is 23.3. The third-order valence-corrected chi connectivity index (χ3v) is 5.89. The Morgan fingerprint density at radius 2 is 1.88 bits per heavy atom. The van der Waals surface area contributed by atoms with E-state index in [9.17, 15) is 13.2 Å². The predicted molar refractivity (Wildman–Crippen MR) is 97.7 cm³/mol. The number of hydrogen-bond donors (Lipinski definition) is 1. The molecule has 0 atom stereocenters. The molecule has 0 aliphatic carbocycles. The summed E-state index contributed by atoms with van der Waals surface area (Å²) in [5, 5.41) is 2.95. The van der Waals surface area contributed by atoms with Crippen molar-refractivity contribution >= 4 is 21.8 Å². The summed E-state index contributed by atoms with van der Waals surface area (Å²) in [6.45, 7) is 4.34. The molecule has 0 spiro atoms. The molecule has 0 aromatic carbocycles. The van der Waals surface area contributed by atoms with Crippen molar-refractivity contribution in [3.05, 3.63) is 23.9 Å². The Bertz CT molecular complexity index is 689. The maximum absolute atomic E-state index is 12.3. The van der Waals surface area contributed by atoms with Crippen molar-refractivity contribution in [2.45, 2.75) is 32.1 Å². The highest BCUT2D eigenvalue weighted by molar-refractivity contribution is 7.90. The van der Waals surface area contributed by atoms with Crippen LogP contribution in [0.25, 0.3) is 0 Å². The fraction of sp³-hybridized carbons (Fsp3) is 0.647. The molecular formula is C17H26N4O3S. The molecule has 0 radical (unpaired) electrons. The molecule has 0 unspecified atom stereocenters. The number of rotatable bonds is 5. The van der Waals surface area contributed by atoms with Crippen LogP contribution < -0.4 is 5.32 Å². The summed E-state index contributed by atoms with van der Waals surface area (Å²) in [4.78, 5) is 16.5. The van der Waals surface area contributed by atoms with E-state index in [-0.39, 0.29) is 11.7 Å². The quantitative estimate of drug-likeness (QED) is 0.730. The van der Waals surface area contributed by atoms with Crippen molar-refractivity contribution in [3.63, 3.8) is 0 Å². The molecule has 0 aromatic heterocycles. The van der Waals surface area contributed by atoms with E-state index in [1.54, 1.807) is 23.3 Å². The van der Waals surface area contributed by atoms with E-state index in [1.165, 1.54) is 38.8 Å². The second-order valence-corrected chi connectivity index (χ2v) is 8.47. The summed E-state index contributed by atoms with van der Waals surface area (Å²) in [6.07, 6.45) is 11.0. The topological polar surface area (TPSA) is 82.1 Å². The van der Waals surface area contributed by atoms with Crippen LogP contribution >= 0.6 is 0 Å². The molecule has 3 heterocycles. The van der Waals surface area contributed by atoms with E-state index in [1.807, 2.05) is 0 Å². The highest BCUT2D eigenvalue weighted by Gasteiger charge is 2.24. The number of nitrogens with one attached hydrogen (secondary N) is 1. The third kappa shape index (κ3) is 5.15. The van der Waals surface area contributed by atoms with Crippen LogP contribution in [0.2, 0.25) is 0 Å². The highest BCUT2D eigenvalue weighted by atomic mass is 32.2. The first-order valence-electron chi connectivity index (χ1n) is 9.03. The molecule has 1 N–H and O–H groups in total. The van der Waals surface area contributed by atoms with Crippen molar-refractivity contribution in [3.8, 4) is 0 Å². The number of hydrogen-bond acceptors (Lipinski definition) is 5. The monoisotopic (exact) mass is 366 g/mol. The number of amides is 1. The van der Waals surface area contributed by atoms with Gasteiger partial charge in [0, 0.05) is 19.3 Å². The van der Waals surface area contributed by atoms with Gasteiger partial charge in [0.2, 0.25) is 0 Å². The van der Waals surface area contributed by atoms with Crippen LogP contribution in [0.4, 0.5) is 0 Å². The largest absolute Gasteiger partial charge is 0.352 e. The Hall–Kier alpha value is -1.67. The number of likely N-dealkylation sites (tertiary alicyclic amines) is 1. The van der Waals surface area contributed by atoms with E-state index >= 15 is 0 Å². The van der Waals surface area contributed by atoms with Gasteiger partial charge in [-0.1, -0.05) is 12.8 Å². The summed E-state index contributed by atoms with van der Waals surface area (Å²) in [5.41, 5.74) is 0.535. The molecule has 138 valence electrons. The van der Waals surface area contributed by atoms with Gasteiger partial charge in [0.15, 0.2) is 0 Å². The first kappa shape index (κ1) is 18.1. The van der Waals surface area contributed by atoms with Crippen LogP contribution in [0.15, 0.2) is 28.3 Å². The first-order chi connectivity index (χ1) is 12.0. The van der Waals surface area contributed by atoms with Gasteiger partial charge in [-0.15, -0.1) is 4.40 Å². The fourth-order valence-corrected chi connectivity index (χ4v) is 4.27. The van der Waals surface area contributed by atoms with E-state index in [2.05, 4.69) is 14.6 Å². The molecule has 1 saturated heterocycles. The van der Waals surface area contributed by atoms with Crippen LogP contribution in [0.5, 0.6) is 0 Å². The lowest BCUT2D eigenvalue weighted by atomic mass is 10.1. The smallest absolute Gasteiger partial charge is 0.256 e. The average molecular weight is 366 g/mol. The molecule has 0 saturated carbocycles. The van der Waals surface area contributed by atoms with E-state index in [4.69, 9.17) is 0 Å². The standard InChI is InChI=1S/C17H26N4O3S/c22-17(18-8-5-11-20-9-3-1-2-4-10-20)15-6-7-16-19-25(23,24)13-12-21(16)14-15/h6-7,14H,1-5,8-13H2,(H,18,22). The molecule has 0 bridgehead atoms. The van der Waals surface area contributed by atoms with E-state index in [0.29, 0.717) is 24.5 Å². The third-order valence-electron chi connectivity index (χ3n) is 4.72. The Labute approximate surface area is 149 Å². The van der Waals surface area contributed by atoms with Gasteiger partial charge >= 0.3 is 0 Å². The first-order valence-corrected chi connectivity index (χ1v) is 10.6. The van der Waals surface area contributed by atoms with Crippen LogP contribution in [0.1, 0.15) is 32.1 Å². The van der Waals surface area contributed by atoms with Gasteiger partial charge in [-0.25, -0.2) is 8.42 Å². The molecule has 3 aliphatic heterocycles. The van der Waals surface area contributed by atoms with E-state index < -0.39 is 10.0 Å². The number of sulfonamides is 1. The van der Waals surface area contributed by atoms with Crippen molar-refractivity contribution < 1.29 is 13.2 Å². The maximum Gasteiger partial charge on any atom is 0.256 e. The van der Waals surface area contributed by atoms with Gasteiger partial charge in [0.1, 0.15) is 5.84 Å². The molecule has 3 rings (SSSR count). The summed E-state index contributed by atoms with van der Waals surface area (Å²) < 4.78 is 26.7. The summed E-state index contributed by atoms with van der Waals surface area (Å²) in [7, 11) is -3.36. The molecular weight excluding hydrogens is 340 g/mol. The zero-order valence-electron chi connectivity index (χ0n) is 14.5. The highest BCUT2D eigenvalue weighted by Crippen LogP contribution is 2.15. The average Bonchev–Trinajstić information content (AvgIpc) is 2.86. The van der Waals surface area contributed by atoms with Crippen LogP contribution in [-0.4, -0.2) is 68.4 Å². The van der Waals surface area contributed by atoms with Crippen molar-refractivity contribution in [2.24, 2.45) is 4.40 Å². The maximum atomic E-state index is 12.3. The molecule has 1 amide bonds. The number of carbonyl (C=O) groups is 1. The Balaban J connectivity index is 1.45. The van der Waals surface area contributed by atoms with Gasteiger partial charge in [-0.2, -0.15) is 0 Å². The predicted octanol–water partition coefficient (Wildman–Crippen LogP) is 0.866. The summed E-state index contributed by atoms with van der Waals surface area (Å²) >= 11 is 0. The molecule has 7 nitrogen and oxygen atoms in total. The lowest BCUT2D eigenvalue weighted by Gasteiger charge is -2.27. The lowest BCUT2D eigenvalue weighted by molar-refractivity contribution is -0.117. The molecule has 0 aromatic rings. The molecule has 1 fully saturated rings. The number of nitrogens with zero attached hydrogens (tertiary/aromatic N) is 3. The van der Waals surface area contributed by atoms with Crippen LogP contribution in [0, 0.1) is 0 Å². The fourth-order valence-electron chi connectivity index (χ4n) is 3.30. The number of amidine groups is 1. The minimum absolute atomic E-state index is 0.0222. The Morgan fingerprint density at radius 3 is 2.64 bits per heavy atom. The number of fused-ring (bicyclic) bond motifs is 1. The zero-order valence-corrected chi connectivity index (χ0v) is 15.3. The SMILES string of the molecule is O=C(NCCCN1CCCCCC1)C1=CN2CCS(=O)(=O)N=C2C=C1. The van der Waals surface area contributed by atoms with Gasteiger partial charge in [-0.3, -0.25) is 4.79 Å². The van der Waals surface area contributed by atoms with Crippen molar-refractivity contribution in [2.75, 3.05) is 38.5 Å². The molecule has 8 heteroatoms. The van der Waals surface area contributed by atoms with Gasteiger partial charge in [0.25, 0.3) is 15.9 Å². The van der Waals surface area contributed by atoms with E-state index in [0.717, 1.165) is 13.0 Å². The number of carbonyl (C=O) groups excluding carboxylic acids is 1. The summed E-state index contributed by atoms with van der Waals surface area (Å²) in [5.74, 6) is 0.231. The Kier molecular flexibility index (Phi) is 5.90. The second kappa shape index (κ2) is 8.14. The zero-order chi connectivity index (χ0) is 17.7. The molecule has 25 heavy (non-hydrogen) atoms. The minimum Gasteiger partial charge on any atom is -0.352 e. The van der Waals surface area contributed by atoms with Gasteiger partial charge in [0.05, 0.1) is 11.3 Å². The van der Waals surface area contributed by atoms with Crippen molar-refractivity contribution in [1.29, 1.82) is 0 Å². The van der Waals surface area contributed by atoms with Crippen LogP contribution in [-0.2, 0) is 14.8 Å². The minimum atomic E-state index is -3.36. The lowest BCUT2D eigenvalue weighted by Crippen LogP contribution is -2.38. The van der Waals surface area contributed by atoms with Gasteiger partial charge in [-0.05, 0) is 51.0 Å². The molecule has 3 aliphatic rings.